The molecule has 0 aliphatic rings. The Kier molecular flexibility index (Phi) is 7.00. The van der Waals surface area contributed by atoms with E-state index in [1.807, 2.05) is 9.47 Å². The van der Waals surface area contributed by atoms with Crippen LogP contribution in [0, 0.1) is 0 Å². The molecule has 0 saturated carbocycles. The van der Waals surface area contributed by atoms with Gasteiger partial charge in [-0.25, -0.2) is 13.2 Å². The smallest absolute Gasteiger partial charge is 0.346 e. The lowest BCUT2D eigenvalue weighted by atomic mass is 10.3. The highest BCUT2D eigenvalue weighted by Crippen LogP contribution is 2.40. The van der Waals surface area contributed by atoms with E-state index in [4.69, 9.17) is 27.9 Å². The lowest BCUT2D eigenvalue weighted by molar-refractivity contribution is -0.135. The molecule has 1 unspecified atom stereocenters. The van der Waals surface area contributed by atoms with Crippen LogP contribution in [-0.4, -0.2) is 27.2 Å². The minimum atomic E-state index is -3.34. The van der Waals surface area contributed by atoms with Gasteiger partial charge in [0.05, 0.1) is 24.3 Å². The summed E-state index contributed by atoms with van der Waals surface area (Å²) in [6, 6.07) is 9.37. The molecule has 1 atom stereocenters. The van der Waals surface area contributed by atoms with E-state index >= 15 is 0 Å². The highest BCUT2D eigenvalue weighted by molar-refractivity contribution is 7.99. The number of hydrogen-bond donors (Lipinski definition) is 0. The van der Waals surface area contributed by atoms with Gasteiger partial charge in [-0.1, -0.05) is 35.0 Å². The molecule has 2 aromatic carbocycles. The van der Waals surface area contributed by atoms with Crippen molar-refractivity contribution in [1.82, 2.24) is 0 Å². The predicted molar refractivity (Wildman–Crippen MR) is 101 cm³/mol. The molecule has 0 spiro atoms. The fraction of sp³-hybridized carbons (Fsp3) is 0.133. The first-order valence-corrected chi connectivity index (χ1v) is 10.6. The maximum Gasteiger partial charge on any atom is 0.346 e. The number of benzene rings is 2. The van der Waals surface area contributed by atoms with Gasteiger partial charge >= 0.3 is 5.97 Å². The zero-order valence-electron chi connectivity index (χ0n) is 12.9. The maximum absolute atomic E-state index is 11.6. The summed E-state index contributed by atoms with van der Waals surface area (Å²) in [6.07, 6.45) is 1.11. The largest absolute Gasteiger partial charge is 0.481 e. The fourth-order valence-electron chi connectivity index (χ4n) is 1.77. The van der Waals surface area contributed by atoms with Gasteiger partial charge in [0.25, 0.3) is 0 Å². The number of sulfone groups is 1. The molecule has 0 amide bonds. The van der Waals surface area contributed by atoms with Gasteiger partial charge in [-0.15, -0.1) is 0 Å². The molecule has 0 N–H and O–H groups in total. The molecule has 0 aliphatic heterocycles. The lowest BCUT2D eigenvalue weighted by Gasteiger charge is -2.12. The van der Waals surface area contributed by atoms with Crippen molar-refractivity contribution in [2.45, 2.75) is 14.7 Å². The van der Waals surface area contributed by atoms with E-state index in [9.17, 15) is 13.2 Å². The average Bonchev–Trinajstić information content (AvgIpc) is 2.54. The van der Waals surface area contributed by atoms with Crippen molar-refractivity contribution in [2.24, 2.45) is 0 Å². The molecule has 0 radical (unpaired) electrons. The second-order valence-corrected chi connectivity index (χ2v) is 9.01. The Labute approximate surface area is 162 Å². The Bertz CT molecular complexity index is 903. The molecule has 0 heterocycles. The predicted octanol–water partition coefficient (Wildman–Crippen LogP) is 4.26. The van der Waals surface area contributed by atoms with Gasteiger partial charge in [0.2, 0.25) is 0 Å². The molecule has 5 nitrogen and oxygen atoms in total. The zero-order valence-corrected chi connectivity index (χ0v) is 17.2. The fourth-order valence-corrected chi connectivity index (χ4v) is 4.02. The number of carbonyl (C=O) groups is 1. The first-order chi connectivity index (χ1) is 11.7. The Morgan fingerprint density at radius 3 is 2.48 bits per heavy atom. The van der Waals surface area contributed by atoms with Crippen molar-refractivity contribution in [3.05, 3.63) is 46.4 Å². The normalized spacial score (nSPS) is 11.2. The highest BCUT2D eigenvalue weighted by Gasteiger charge is 2.14. The molecule has 0 fully saturated rings. The SMILES string of the molecule is CS(=O)(=O)c1ccc(Sc2cc(Cl)ccc2OCC(=O)OP)c(Cl)c1. The second-order valence-electron chi connectivity index (χ2n) is 4.84. The molecule has 25 heavy (non-hydrogen) atoms. The van der Waals surface area contributed by atoms with E-state index in [0.29, 0.717) is 20.6 Å². The van der Waals surface area contributed by atoms with Crippen molar-refractivity contribution in [3.8, 4) is 5.75 Å². The van der Waals surface area contributed by atoms with E-state index < -0.39 is 15.8 Å². The second kappa shape index (κ2) is 8.60. The first kappa shape index (κ1) is 20.3. The summed E-state index contributed by atoms with van der Waals surface area (Å²) in [6.45, 7) is -0.264. The van der Waals surface area contributed by atoms with Crippen LogP contribution in [0.15, 0.2) is 51.1 Å². The summed E-state index contributed by atoms with van der Waals surface area (Å²) < 4.78 is 33.1. The quantitative estimate of drug-likeness (QED) is 0.627. The number of rotatable bonds is 6. The van der Waals surface area contributed by atoms with Crippen LogP contribution in [0.4, 0.5) is 0 Å². The Balaban J connectivity index is 2.30. The van der Waals surface area contributed by atoms with Gasteiger partial charge in [0.15, 0.2) is 16.4 Å². The minimum absolute atomic E-state index is 0.132. The van der Waals surface area contributed by atoms with Crippen molar-refractivity contribution in [2.75, 3.05) is 12.9 Å². The summed E-state index contributed by atoms with van der Waals surface area (Å²) in [7, 11) is -1.49. The van der Waals surface area contributed by atoms with Crippen LogP contribution in [0.1, 0.15) is 0 Å². The van der Waals surface area contributed by atoms with Crippen molar-refractivity contribution < 1.29 is 22.5 Å². The molecule has 2 rings (SSSR count). The van der Waals surface area contributed by atoms with Gasteiger partial charge in [-0.05, 0) is 36.4 Å². The molecule has 0 saturated heterocycles. The minimum Gasteiger partial charge on any atom is -0.481 e. The topological polar surface area (TPSA) is 69.7 Å². The van der Waals surface area contributed by atoms with Crippen LogP contribution >= 0.6 is 44.4 Å². The molecule has 0 bridgehead atoms. The Hall–Kier alpha value is -0.980. The Morgan fingerprint density at radius 2 is 1.88 bits per heavy atom. The van der Waals surface area contributed by atoms with Crippen molar-refractivity contribution >= 4 is 60.2 Å². The van der Waals surface area contributed by atoms with E-state index in [-0.39, 0.29) is 16.5 Å². The summed E-state index contributed by atoms with van der Waals surface area (Å²) in [4.78, 5) is 12.6. The van der Waals surface area contributed by atoms with Crippen LogP contribution in [0.5, 0.6) is 5.75 Å². The number of ether oxygens (including phenoxy) is 1. The Morgan fingerprint density at radius 1 is 1.16 bits per heavy atom. The zero-order chi connectivity index (χ0) is 18.6. The van der Waals surface area contributed by atoms with Crippen LogP contribution in [-0.2, 0) is 19.2 Å². The molecule has 0 aliphatic carbocycles. The van der Waals surface area contributed by atoms with Gasteiger partial charge in [-0.2, -0.15) is 0 Å². The summed E-state index contributed by atoms with van der Waals surface area (Å²) in [5.41, 5.74) is 0. The van der Waals surface area contributed by atoms with Crippen LogP contribution in [0.3, 0.4) is 0 Å². The standard InChI is InChI=1S/C15H13Cl2O5PS2/c1-25(19,20)10-3-5-13(11(17)7-10)24-14-6-9(16)2-4-12(14)21-8-15(18)22-23/h2-7H,8,23H2,1H3. The van der Waals surface area contributed by atoms with E-state index in [0.717, 1.165) is 6.26 Å². The third kappa shape index (κ3) is 5.76. The summed E-state index contributed by atoms with van der Waals surface area (Å²) in [5, 5.41) is 0.760. The van der Waals surface area contributed by atoms with Crippen molar-refractivity contribution in [3.63, 3.8) is 0 Å². The van der Waals surface area contributed by atoms with Crippen LogP contribution in [0.2, 0.25) is 10.0 Å². The lowest BCUT2D eigenvalue weighted by Crippen LogP contribution is -2.10. The summed E-state index contributed by atoms with van der Waals surface area (Å²) in [5.74, 6) is -0.125. The van der Waals surface area contributed by atoms with Gasteiger partial charge in [0.1, 0.15) is 5.75 Å². The van der Waals surface area contributed by atoms with E-state index in [2.05, 4.69) is 4.52 Å². The van der Waals surface area contributed by atoms with Crippen molar-refractivity contribution in [1.29, 1.82) is 0 Å². The average molecular weight is 439 g/mol. The molecular formula is C15H13Cl2O5PS2. The molecule has 2 aromatic rings. The molecule has 134 valence electrons. The van der Waals surface area contributed by atoms with Gasteiger partial charge < -0.3 is 9.26 Å². The third-order valence-electron chi connectivity index (χ3n) is 2.93. The maximum atomic E-state index is 11.6. The van der Waals surface area contributed by atoms with Crippen LogP contribution in [0.25, 0.3) is 0 Å². The first-order valence-electron chi connectivity index (χ1n) is 6.70. The third-order valence-corrected chi connectivity index (χ3v) is 6.08. The number of carbonyl (C=O) groups excluding carboxylic acids is 1. The molecule has 0 aromatic heterocycles. The number of hydrogen-bond acceptors (Lipinski definition) is 6. The monoisotopic (exact) mass is 438 g/mol. The number of halogens is 2. The summed E-state index contributed by atoms with van der Waals surface area (Å²) >= 11 is 13.5. The van der Waals surface area contributed by atoms with E-state index in [1.54, 1.807) is 24.3 Å². The van der Waals surface area contributed by atoms with Gasteiger partial charge in [0, 0.05) is 16.2 Å². The molecule has 10 heteroatoms. The van der Waals surface area contributed by atoms with Gasteiger partial charge in [-0.3, -0.25) is 0 Å². The van der Waals surface area contributed by atoms with E-state index in [1.165, 1.54) is 23.9 Å². The highest BCUT2D eigenvalue weighted by atomic mass is 35.5. The van der Waals surface area contributed by atoms with Crippen LogP contribution < -0.4 is 4.74 Å². The molecular weight excluding hydrogens is 426 g/mol.